The van der Waals surface area contributed by atoms with Crippen LogP contribution >= 0.6 is 0 Å². The molecular weight excluding hydrogens is 212 g/mol. The van der Waals surface area contributed by atoms with E-state index < -0.39 is 15.3 Å². The first-order valence-corrected chi connectivity index (χ1v) is 7.03. The van der Waals surface area contributed by atoms with Crippen LogP contribution in [0, 0.1) is 5.41 Å². The van der Waals surface area contributed by atoms with Gasteiger partial charge in [0.1, 0.15) is 0 Å². The second-order valence-electron chi connectivity index (χ2n) is 5.31. The Morgan fingerprint density at radius 3 is 2.53 bits per heavy atom. The van der Waals surface area contributed by atoms with Crippen molar-refractivity contribution in [2.75, 3.05) is 6.54 Å². The summed E-state index contributed by atoms with van der Waals surface area (Å²) in [6.07, 6.45) is 2.93. The molecule has 0 bridgehead atoms. The molecule has 3 N–H and O–H groups in total. The Morgan fingerprint density at radius 1 is 1.53 bits per heavy atom. The van der Waals surface area contributed by atoms with Crippen LogP contribution in [0.1, 0.15) is 40.0 Å². The molecular formula is C10H22N2O2S. The zero-order valence-electron chi connectivity index (χ0n) is 9.79. The van der Waals surface area contributed by atoms with E-state index in [1.54, 1.807) is 6.92 Å². The van der Waals surface area contributed by atoms with E-state index in [9.17, 15) is 8.42 Å². The molecule has 4 nitrogen and oxygen atoms in total. The van der Waals surface area contributed by atoms with E-state index in [2.05, 4.69) is 18.6 Å². The van der Waals surface area contributed by atoms with Gasteiger partial charge in [-0.15, -0.1) is 0 Å². The zero-order chi connectivity index (χ0) is 11.7. The lowest BCUT2D eigenvalue weighted by Crippen LogP contribution is -2.41. The van der Waals surface area contributed by atoms with Crippen LogP contribution in [-0.2, 0) is 10.0 Å². The highest BCUT2D eigenvalue weighted by atomic mass is 32.2. The average Bonchev–Trinajstić information content (AvgIpc) is 2.43. The molecule has 1 saturated carbocycles. The van der Waals surface area contributed by atoms with Gasteiger partial charge in [0, 0.05) is 12.6 Å². The van der Waals surface area contributed by atoms with Crippen LogP contribution in [0.25, 0.3) is 0 Å². The van der Waals surface area contributed by atoms with E-state index >= 15 is 0 Å². The number of nitrogens with one attached hydrogen (secondary N) is 1. The van der Waals surface area contributed by atoms with Crippen LogP contribution in [0.2, 0.25) is 0 Å². The Balaban J connectivity index is 2.57. The first-order valence-electron chi connectivity index (χ1n) is 5.48. The number of rotatable bonds is 4. The van der Waals surface area contributed by atoms with E-state index in [0.29, 0.717) is 0 Å². The molecule has 15 heavy (non-hydrogen) atoms. The summed E-state index contributed by atoms with van der Waals surface area (Å²) in [6.45, 7) is 6.16. The fourth-order valence-corrected chi connectivity index (χ4v) is 3.16. The lowest BCUT2D eigenvalue weighted by molar-refractivity contribution is 0.372. The number of nitrogens with two attached hydrogens (primary N) is 1. The third-order valence-corrected chi connectivity index (χ3v) is 5.07. The van der Waals surface area contributed by atoms with Gasteiger partial charge in [-0.3, -0.25) is 0 Å². The predicted molar refractivity (Wildman–Crippen MR) is 62.0 cm³/mol. The molecule has 0 amide bonds. The Hall–Kier alpha value is -0.130. The molecule has 0 aromatic rings. The Kier molecular flexibility index (Phi) is 3.79. The molecule has 1 fully saturated rings. The van der Waals surface area contributed by atoms with Gasteiger partial charge in [0.25, 0.3) is 0 Å². The third kappa shape index (κ3) is 3.43. The van der Waals surface area contributed by atoms with Crippen LogP contribution in [-0.4, -0.2) is 26.3 Å². The fourth-order valence-electron chi connectivity index (χ4n) is 2.01. The third-order valence-electron chi connectivity index (χ3n) is 3.16. The molecule has 1 aliphatic carbocycles. The molecule has 1 rings (SSSR count). The van der Waals surface area contributed by atoms with Crippen molar-refractivity contribution in [3.63, 3.8) is 0 Å². The Bertz CT molecular complexity index is 311. The maximum Gasteiger partial charge on any atom is 0.215 e. The van der Waals surface area contributed by atoms with Crippen molar-refractivity contribution in [3.05, 3.63) is 0 Å². The summed E-state index contributed by atoms with van der Waals surface area (Å²) in [6, 6.07) is 0.0963. The van der Waals surface area contributed by atoms with Gasteiger partial charge >= 0.3 is 0 Å². The zero-order valence-corrected chi connectivity index (χ0v) is 10.6. The topological polar surface area (TPSA) is 72.2 Å². The monoisotopic (exact) mass is 234 g/mol. The van der Waals surface area contributed by atoms with Crippen molar-refractivity contribution in [2.45, 2.75) is 51.3 Å². The molecule has 0 saturated heterocycles. The van der Waals surface area contributed by atoms with E-state index in [4.69, 9.17) is 5.73 Å². The summed E-state index contributed by atoms with van der Waals surface area (Å²) in [4.78, 5) is 0. The van der Waals surface area contributed by atoms with E-state index in [-0.39, 0.29) is 18.0 Å². The number of hydrogen-bond donors (Lipinski definition) is 2. The SMILES string of the molecule is CC(CN)S(=O)(=O)NC1CCC(C)(C)C1. The van der Waals surface area contributed by atoms with Crippen LogP contribution in [0.15, 0.2) is 0 Å². The largest absolute Gasteiger partial charge is 0.329 e. The van der Waals surface area contributed by atoms with Crippen LogP contribution in [0.3, 0.4) is 0 Å². The standard InChI is InChI=1S/C10H22N2O2S/c1-8(7-11)15(13,14)12-9-4-5-10(2,3)6-9/h8-9,12H,4-7,11H2,1-3H3. The molecule has 0 aromatic heterocycles. The normalized spacial score (nSPS) is 27.9. The van der Waals surface area contributed by atoms with Crippen molar-refractivity contribution in [1.29, 1.82) is 0 Å². The van der Waals surface area contributed by atoms with E-state index in [1.807, 2.05) is 0 Å². The fraction of sp³-hybridized carbons (Fsp3) is 1.00. The Morgan fingerprint density at radius 2 is 2.13 bits per heavy atom. The molecule has 0 heterocycles. The van der Waals surface area contributed by atoms with E-state index in [0.717, 1.165) is 19.3 Å². The van der Waals surface area contributed by atoms with Crippen molar-refractivity contribution < 1.29 is 8.42 Å². The maximum absolute atomic E-state index is 11.7. The maximum atomic E-state index is 11.7. The smallest absolute Gasteiger partial charge is 0.215 e. The molecule has 2 unspecified atom stereocenters. The second-order valence-corrected chi connectivity index (χ2v) is 7.44. The molecule has 5 heteroatoms. The van der Waals surface area contributed by atoms with Gasteiger partial charge in [-0.25, -0.2) is 13.1 Å². The number of sulfonamides is 1. The Labute approximate surface area is 92.7 Å². The van der Waals surface area contributed by atoms with Gasteiger partial charge in [0.2, 0.25) is 10.0 Å². The summed E-state index contributed by atoms with van der Waals surface area (Å²) >= 11 is 0. The summed E-state index contributed by atoms with van der Waals surface area (Å²) < 4.78 is 26.2. The highest BCUT2D eigenvalue weighted by molar-refractivity contribution is 7.90. The molecule has 1 aliphatic rings. The predicted octanol–water partition coefficient (Wildman–Crippen LogP) is 0.832. The first kappa shape index (κ1) is 12.9. The summed E-state index contributed by atoms with van der Waals surface area (Å²) in [5, 5.41) is -0.499. The number of hydrogen-bond acceptors (Lipinski definition) is 3. The minimum atomic E-state index is -3.22. The van der Waals surface area contributed by atoms with Crippen molar-refractivity contribution >= 4 is 10.0 Å². The van der Waals surface area contributed by atoms with Gasteiger partial charge in [-0.2, -0.15) is 0 Å². The highest BCUT2D eigenvalue weighted by Gasteiger charge is 2.34. The summed E-state index contributed by atoms with van der Waals surface area (Å²) in [5.74, 6) is 0. The molecule has 2 atom stereocenters. The van der Waals surface area contributed by atoms with Gasteiger partial charge in [-0.1, -0.05) is 13.8 Å². The minimum absolute atomic E-state index is 0.0963. The van der Waals surface area contributed by atoms with Gasteiger partial charge in [0.05, 0.1) is 5.25 Å². The lowest BCUT2D eigenvalue weighted by Gasteiger charge is -2.19. The average molecular weight is 234 g/mol. The second kappa shape index (κ2) is 4.39. The van der Waals surface area contributed by atoms with Gasteiger partial charge in [0.15, 0.2) is 0 Å². The minimum Gasteiger partial charge on any atom is -0.329 e. The van der Waals surface area contributed by atoms with Crippen LogP contribution in [0.4, 0.5) is 0 Å². The van der Waals surface area contributed by atoms with Gasteiger partial charge < -0.3 is 5.73 Å². The van der Waals surface area contributed by atoms with Gasteiger partial charge in [-0.05, 0) is 31.6 Å². The molecule has 0 spiro atoms. The highest BCUT2D eigenvalue weighted by Crippen LogP contribution is 2.37. The molecule has 0 aliphatic heterocycles. The van der Waals surface area contributed by atoms with Crippen molar-refractivity contribution in [1.82, 2.24) is 4.72 Å². The molecule has 0 radical (unpaired) electrons. The first-order chi connectivity index (χ1) is 6.77. The lowest BCUT2D eigenvalue weighted by atomic mass is 9.92. The van der Waals surface area contributed by atoms with Crippen LogP contribution < -0.4 is 10.5 Å². The van der Waals surface area contributed by atoms with Crippen molar-refractivity contribution in [3.8, 4) is 0 Å². The molecule has 0 aromatic carbocycles. The quantitative estimate of drug-likeness (QED) is 0.757. The summed E-state index contributed by atoms with van der Waals surface area (Å²) in [7, 11) is -3.22. The van der Waals surface area contributed by atoms with Crippen LogP contribution in [0.5, 0.6) is 0 Å². The van der Waals surface area contributed by atoms with Crippen molar-refractivity contribution in [2.24, 2.45) is 11.1 Å². The summed E-state index contributed by atoms with van der Waals surface area (Å²) in [5.41, 5.74) is 5.63. The molecule has 90 valence electrons. The van der Waals surface area contributed by atoms with E-state index in [1.165, 1.54) is 0 Å².